The highest BCUT2D eigenvalue weighted by Crippen LogP contribution is 2.31. The zero-order chi connectivity index (χ0) is 22.9. The van der Waals surface area contributed by atoms with Gasteiger partial charge in [0, 0.05) is 37.3 Å². The number of amides is 3. The van der Waals surface area contributed by atoms with E-state index in [1.165, 1.54) is 0 Å². The molecule has 0 fully saturated rings. The van der Waals surface area contributed by atoms with Crippen LogP contribution < -0.4 is 21.1 Å². The molecule has 5 rings (SSSR count). The molecule has 2 aliphatic rings. The van der Waals surface area contributed by atoms with E-state index in [4.69, 9.17) is 4.98 Å². The van der Waals surface area contributed by atoms with Gasteiger partial charge in [-0.15, -0.1) is 0 Å². The SMILES string of the molecule is CCNC(=O)N1CCc2ccc(NC(=O)c3ccc4c(=O)n5c(nc4c3)CCCCC5)cc21. The van der Waals surface area contributed by atoms with Crippen molar-refractivity contribution >= 4 is 34.2 Å². The number of aryl methyl sites for hydroxylation is 1. The van der Waals surface area contributed by atoms with Crippen molar-refractivity contribution in [2.45, 2.75) is 45.6 Å². The van der Waals surface area contributed by atoms with Crippen molar-refractivity contribution in [1.29, 1.82) is 0 Å². The fourth-order valence-electron chi connectivity index (χ4n) is 4.68. The van der Waals surface area contributed by atoms with Crippen LogP contribution in [0.2, 0.25) is 0 Å². The normalized spacial score (nSPS) is 15.0. The third-order valence-corrected chi connectivity index (χ3v) is 6.39. The highest BCUT2D eigenvalue weighted by Gasteiger charge is 2.25. The van der Waals surface area contributed by atoms with Gasteiger partial charge in [-0.25, -0.2) is 9.78 Å². The van der Waals surface area contributed by atoms with E-state index in [0.29, 0.717) is 41.8 Å². The maximum atomic E-state index is 13.0. The molecule has 0 atom stereocenters. The Morgan fingerprint density at radius 1 is 1.03 bits per heavy atom. The van der Waals surface area contributed by atoms with Crippen LogP contribution in [0.5, 0.6) is 0 Å². The largest absolute Gasteiger partial charge is 0.338 e. The van der Waals surface area contributed by atoms with Crippen molar-refractivity contribution in [1.82, 2.24) is 14.9 Å². The maximum absolute atomic E-state index is 13.0. The smallest absolute Gasteiger partial charge is 0.321 e. The van der Waals surface area contributed by atoms with Crippen molar-refractivity contribution in [2.24, 2.45) is 0 Å². The lowest BCUT2D eigenvalue weighted by molar-refractivity contribution is 0.102. The number of carbonyl (C=O) groups is 2. The molecule has 1 aromatic heterocycles. The Labute approximate surface area is 191 Å². The maximum Gasteiger partial charge on any atom is 0.321 e. The van der Waals surface area contributed by atoms with Gasteiger partial charge in [0.1, 0.15) is 5.82 Å². The number of nitrogens with one attached hydrogen (secondary N) is 2. The van der Waals surface area contributed by atoms with E-state index in [0.717, 1.165) is 49.2 Å². The summed E-state index contributed by atoms with van der Waals surface area (Å²) in [6, 6.07) is 10.5. The van der Waals surface area contributed by atoms with Crippen molar-refractivity contribution in [3.8, 4) is 0 Å². The number of hydrogen-bond donors (Lipinski definition) is 2. The lowest BCUT2D eigenvalue weighted by Gasteiger charge is -2.18. The van der Waals surface area contributed by atoms with Crippen LogP contribution in [-0.4, -0.2) is 34.6 Å². The molecule has 0 aliphatic carbocycles. The fraction of sp³-hybridized carbons (Fsp3) is 0.360. The molecule has 3 heterocycles. The molecule has 8 nitrogen and oxygen atoms in total. The van der Waals surface area contributed by atoms with E-state index in [9.17, 15) is 14.4 Å². The first-order valence-corrected chi connectivity index (χ1v) is 11.6. The predicted molar refractivity (Wildman–Crippen MR) is 128 cm³/mol. The van der Waals surface area contributed by atoms with Crippen LogP contribution in [0.4, 0.5) is 16.2 Å². The van der Waals surface area contributed by atoms with Crippen LogP contribution >= 0.6 is 0 Å². The molecular formula is C25H27N5O3. The number of rotatable bonds is 3. The van der Waals surface area contributed by atoms with E-state index in [2.05, 4.69) is 10.6 Å². The summed E-state index contributed by atoms with van der Waals surface area (Å²) in [5, 5.41) is 6.28. The monoisotopic (exact) mass is 445 g/mol. The lowest BCUT2D eigenvalue weighted by atomic mass is 10.1. The molecule has 3 amide bonds. The quantitative estimate of drug-likeness (QED) is 0.645. The van der Waals surface area contributed by atoms with Gasteiger partial charge in [0.05, 0.1) is 16.6 Å². The summed E-state index contributed by atoms with van der Waals surface area (Å²) in [5.74, 6) is 0.517. The zero-order valence-corrected chi connectivity index (χ0v) is 18.7. The van der Waals surface area contributed by atoms with Crippen LogP contribution in [0.15, 0.2) is 41.2 Å². The van der Waals surface area contributed by atoms with Crippen molar-refractivity contribution in [2.75, 3.05) is 23.3 Å². The second-order valence-corrected chi connectivity index (χ2v) is 8.56. The summed E-state index contributed by atoms with van der Waals surface area (Å²) in [6.45, 7) is 3.76. The number of hydrogen-bond acceptors (Lipinski definition) is 4. The minimum atomic E-state index is -0.281. The Kier molecular flexibility index (Phi) is 5.58. The molecule has 2 N–H and O–H groups in total. The molecule has 0 radical (unpaired) electrons. The summed E-state index contributed by atoms with van der Waals surface area (Å²) < 4.78 is 1.78. The summed E-state index contributed by atoms with van der Waals surface area (Å²) in [6.07, 6.45) is 4.66. The minimum Gasteiger partial charge on any atom is -0.338 e. The van der Waals surface area contributed by atoms with Crippen LogP contribution in [0.3, 0.4) is 0 Å². The molecule has 0 saturated carbocycles. The van der Waals surface area contributed by atoms with Gasteiger partial charge in [-0.05, 0) is 62.1 Å². The highest BCUT2D eigenvalue weighted by atomic mass is 16.2. The molecule has 0 spiro atoms. The topological polar surface area (TPSA) is 96.3 Å². The number of fused-ring (bicyclic) bond motifs is 3. The van der Waals surface area contributed by atoms with Gasteiger partial charge in [-0.3, -0.25) is 19.1 Å². The van der Waals surface area contributed by atoms with Crippen molar-refractivity contribution in [3.05, 3.63) is 63.7 Å². The zero-order valence-electron chi connectivity index (χ0n) is 18.7. The van der Waals surface area contributed by atoms with E-state index in [-0.39, 0.29) is 17.5 Å². The van der Waals surface area contributed by atoms with Gasteiger partial charge in [-0.1, -0.05) is 12.5 Å². The van der Waals surface area contributed by atoms with Gasteiger partial charge in [0.15, 0.2) is 0 Å². The number of benzene rings is 2. The Hall–Kier alpha value is -3.68. The highest BCUT2D eigenvalue weighted by molar-refractivity contribution is 6.06. The Bertz CT molecular complexity index is 1310. The summed E-state index contributed by atoms with van der Waals surface area (Å²) >= 11 is 0. The standard InChI is InChI=1S/C25H27N5O3/c1-2-26-25(33)29-13-11-16-7-9-18(15-21(16)29)27-23(31)17-8-10-19-20(14-17)28-22-6-4-3-5-12-30(22)24(19)32/h7-10,14-15H,2-6,11-13H2,1H3,(H,26,33)(H,27,31). The molecule has 0 saturated heterocycles. The predicted octanol–water partition coefficient (Wildman–Crippen LogP) is 3.47. The third-order valence-electron chi connectivity index (χ3n) is 6.39. The van der Waals surface area contributed by atoms with E-state index < -0.39 is 0 Å². The summed E-state index contributed by atoms with van der Waals surface area (Å²) in [5.41, 5.74) is 3.47. The summed E-state index contributed by atoms with van der Waals surface area (Å²) in [7, 11) is 0. The van der Waals surface area contributed by atoms with Gasteiger partial charge in [0.25, 0.3) is 11.5 Å². The minimum absolute atomic E-state index is 0.0343. The third kappa shape index (κ3) is 3.97. The second-order valence-electron chi connectivity index (χ2n) is 8.56. The summed E-state index contributed by atoms with van der Waals surface area (Å²) in [4.78, 5) is 44.7. The number of aromatic nitrogens is 2. The number of urea groups is 1. The molecule has 0 bridgehead atoms. The first kappa shape index (κ1) is 21.2. The van der Waals surface area contributed by atoms with Gasteiger partial charge < -0.3 is 10.6 Å². The average Bonchev–Trinajstić information content (AvgIpc) is 3.09. The molecule has 8 heteroatoms. The molecule has 33 heavy (non-hydrogen) atoms. The van der Waals surface area contributed by atoms with Gasteiger partial charge >= 0.3 is 6.03 Å². The molecular weight excluding hydrogens is 418 g/mol. The van der Waals surface area contributed by atoms with E-state index >= 15 is 0 Å². The molecule has 170 valence electrons. The molecule has 2 aromatic carbocycles. The van der Waals surface area contributed by atoms with Crippen LogP contribution in [-0.2, 0) is 19.4 Å². The Morgan fingerprint density at radius 2 is 1.91 bits per heavy atom. The van der Waals surface area contributed by atoms with Crippen LogP contribution in [0, 0.1) is 0 Å². The Morgan fingerprint density at radius 3 is 2.76 bits per heavy atom. The number of anilines is 2. The molecule has 2 aliphatic heterocycles. The van der Waals surface area contributed by atoms with Crippen LogP contribution in [0.1, 0.15) is 47.9 Å². The molecule has 3 aromatic rings. The first-order valence-electron chi connectivity index (χ1n) is 11.6. The number of carbonyl (C=O) groups excluding carboxylic acids is 2. The van der Waals surface area contributed by atoms with Crippen molar-refractivity contribution in [3.63, 3.8) is 0 Å². The van der Waals surface area contributed by atoms with E-state index in [1.807, 2.05) is 25.1 Å². The average molecular weight is 446 g/mol. The lowest BCUT2D eigenvalue weighted by Crippen LogP contribution is -2.38. The van der Waals surface area contributed by atoms with Crippen molar-refractivity contribution < 1.29 is 9.59 Å². The Balaban J connectivity index is 1.41. The second kappa shape index (κ2) is 8.69. The fourth-order valence-corrected chi connectivity index (χ4v) is 4.68. The van der Waals surface area contributed by atoms with Crippen LogP contribution in [0.25, 0.3) is 10.9 Å². The van der Waals surface area contributed by atoms with Gasteiger partial charge in [0.2, 0.25) is 0 Å². The first-order chi connectivity index (χ1) is 16.0. The van der Waals surface area contributed by atoms with Gasteiger partial charge in [-0.2, -0.15) is 0 Å². The van der Waals surface area contributed by atoms with E-state index in [1.54, 1.807) is 27.7 Å². The molecule has 0 unspecified atom stereocenters. The number of nitrogens with zero attached hydrogens (tertiary/aromatic N) is 3.